The lowest BCUT2D eigenvalue weighted by Gasteiger charge is -2.41. The van der Waals surface area contributed by atoms with Crippen molar-refractivity contribution in [2.45, 2.75) is 37.7 Å². The second-order valence-electron chi connectivity index (χ2n) is 4.19. The smallest absolute Gasteiger partial charge is 0.352 e. The van der Waals surface area contributed by atoms with Crippen LogP contribution in [-0.4, -0.2) is 27.5 Å². The number of aryl methyl sites for hydroxylation is 1. The van der Waals surface area contributed by atoms with Crippen molar-refractivity contribution in [1.82, 2.24) is 4.98 Å². The van der Waals surface area contributed by atoms with E-state index in [1.807, 2.05) is 5.32 Å². The summed E-state index contributed by atoms with van der Waals surface area (Å²) in [5, 5.41) is 11.7. The van der Waals surface area contributed by atoms with E-state index in [1.54, 1.807) is 6.92 Å². The van der Waals surface area contributed by atoms with Crippen molar-refractivity contribution in [3.63, 3.8) is 0 Å². The van der Waals surface area contributed by atoms with Crippen LogP contribution in [0.25, 0.3) is 0 Å². The van der Waals surface area contributed by atoms with Crippen LogP contribution in [0.4, 0.5) is 13.9 Å². The average Bonchev–Trinajstić information content (AvgIpc) is 2.60. The minimum atomic E-state index is -3.77. The molecule has 0 aliphatic heterocycles. The van der Waals surface area contributed by atoms with E-state index in [-0.39, 0.29) is 18.0 Å². The summed E-state index contributed by atoms with van der Waals surface area (Å²) in [6, 6.07) is 0. The highest BCUT2D eigenvalue weighted by Gasteiger charge is 2.61. The molecular formula is C10H12F2N2O2S. The van der Waals surface area contributed by atoms with Crippen molar-refractivity contribution in [3.05, 3.63) is 11.1 Å². The number of carbonyl (C=O) groups excluding carboxylic acids is 1. The van der Waals surface area contributed by atoms with Gasteiger partial charge in [0.05, 0.1) is 0 Å². The molecule has 1 fully saturated rings. The molecule has 1 aromatic heterocycles. The Kier molecular flexibility index (Phi) is 2.90. The maximum atomic E-state index is 13.7. The number of rotatable bonds is 3. The van der Waals surface area contributed by atoms with Crippen molar-refractivity contribution in [3.8, 4) is 0 Å². The Hall–Kier alpha value is -1.08. The van der Waals surface area contributed by atoms with Crippen molar-refractivity contribution in [1.29, 1.82) is 0 Å². The van der Waals surface area contributed by atoms with Crippen LogP contribution in [0.2, 0.25) is 0 Å². The van der Waals surface area contributed by atoms with Gasteiger partial charge in [-0.05, 0) is 26.2 Å². The largest absolute Gasteiger partial charge is 0.383 e. The molecule has 1 aromatic rings. The minimum Gasteiger partial charge on any atom is -0.383 e. The van der Waals surface area contributed by atoms with Gasteiger partial charge in [0.25, 0.3) is 5.91 Å². The van der Waals surface area contributed by atoms with Gasteiger partial charge in [0.1, 0.15) is 5.60 Å². The first-order valence-electron chi connectivity index (χ1n) is 5.19. The predicted molar refractivity (Wildman–Crippen MR) is 59.2 cm³/mol. The summed E-state index contributed by atoms with van der Waals surface area (Å²) in [5.74, 6) is -5.26. The van der Waals surface area contributed by atoms with E-state index in [1.165, 1.54) is 6.20 Å². The molecule has 1 heterocycles. The Labute approximate surface area is 101 Å². The summed E-state index contributed by atoms with van der Waals surface area (Å²) in [4.78, 5) is 16.0. The van der Waals surface area contributed by atoms with E-state index in [0.29, 0.717) is 6.42 Å². The summed E-state index contributed by atoms with van der Waals surface area (Å²) < 4.78 is 27.3. The third-order valence-electron chi connectivity index (χ3n) is 2.89. The van der Waals surface area contributed by atoms with Crippen LogP contribution < -0.4 is 5.32 Å². The van der Waals surface area contributed by atoms with Gasteiger partial charge >= 0.3 is 5.92 Å². The van der Waals surface area contributed by atoms with Gasteiger partial charge in [0, 0.05) is 11.1 Å². The van der Waals surface area contributed by atoms with E-state index in [4.69, 9.17) is 0 Å². The molecule has 0 atom stereocenters. The maximum absolute atomic E-state index is 13.7. The van der Waals surface area contributed by atoms with Crippen molar-refractivity contribution >= 4 is 22.4 Å². The van der Waals surface area contributed by atoms with Gasteiger partial charge in [-0.2, -0.15) is 8.78 Å². The van der Waals surface area contributed by atoms with Crippen LogP contribution in [0.3, 0.4) is 0 Å². The van der Waals surface area contributed by atoms with Crippen molar-refractivity contribution < 1.29 is 18.7 Å². The summed E-state index contributed by atoms with van der Waals surface area (Å²) in [6.45, 7) is 1.75. The van der Waals surface area contributed by atoms with E-state index in [2.05, 4.69) is 4.98 Å². The molecule has 2 rings (SSSR count). The van der Waals surface area contributed by atoms with Gasteiger partial charge in [0.15, 0.2) is 5.13 Å². The van der Waals surface area contributed by atoms with Crippen molar-refractivity contribution in [2.24, 2.45) is 0 Å². The summed E-state index contributed by atoms with van der Waals surface area (Å²) in [7, 11) is 0. The average molecular weight is 262 g/mol. The Balaban J connectivity index is 2.09. The maximum Gasteiger partial charge on any atom is 0.352 e. The highest BCUT2D eigenvalue weighted by Crippen LogP contribution is 2.44. The number of amides is 1. The van der Waals surface area contributed by atoms with Crippen LogP contribution in [0.1, 0.15) is 24.1 Å². The first-order valence-corrected chi connectivity index (χ1v) is 6.01. The van der Waals surface area contributed by atoms with Crippen LogP contribution in [0.15, 0.2) is 6.20 Å². The molecule has 1 aliphatic carbocycles. The molecule has 1 amide bonds. The third kappa shape index (κ3) is 2.04. The molecule has 7 heteroatoms. The summed E-state index contributed by atoms with van der Waals surface area (Å²) in [5.41, 5.74) is -2.19. The number of hydrogen-bond acceptors (Lipinski definition) is 4. The standard InChI is InChI=1S/C10H12F2N2O2S/c1-6-5-13-8(17-6)14-7(15)10(11,12)9(16)3-2-4-9/h5,16H,2-4H2,1H3,(H,13,14,15). The molecule has 0 radical (unpaired) electrons. The SMILES string of the molecule is Cc1cnc(NC(=O)C(F)(F)C2(O)CCC2)s1. The van der Waals surface area contributed by atoms with Gasteiger partial charge in [-0.15, -0.1) is 11.3 Å². The van der Waals surface area contributed by atoms with E-state index in [0.717, 1.165) is 16.2 Å². The molecular weight excluding hydrogens is 250 g/mol. The molecule has 0 bridgehead atoms. The first kappa shape index (κ1) is 12.4. The number of nitrogens with zero attached hydrogens (tertiary/aromatic N) is 1. The number of hydrogen-bond donors (Lipinski definition) is 2. The minimum absolute atomic E-state index is 0.0513. The quantitative estimate of drug-likeness (QED) is 0.875. The van der Waals surface area contributed by atoms with Crippen molar-refractivity contribution in [2.75, 3.05) is 5.32 Å². The monoisotopic (exact) mass is 262 g/mol. The number of alkyl halides is 2. The summed E-state index contributed by atoms with van der Waals surface area (Å²) >= 11 is 1.11. The number of thiazole rings is 1. The molecule has 0 unspecified atom stereocenters. The number of aromatic nitrogens is 1. The lowest BCUT2D eigenvalue weighted by atomic mass is 9.75. The van der Waals surface area contributed by atoms with Gasteiger partial charge in [-0.25, -0.2) is 4.98 Å². The fraction of sp³-hybridized carbons (Fsp3) is 0.600. The Morgan fingerprint density at radius 3 is 2.71 bits per heavy atom. The number of anilines is 1. The van der Waals surface area contributed by atoms with Crippen LogP contribution in [0, 0.1) is 6.92 Å². The molecule has 0 saturated heterocycles. The molecule has 94 valence electrons. The summed E-state index contributed by atoms with van der Waals surface area (Å²) in [6.07, 6.45) is 1.89. The third-order valence-corrected chi connectivity index (χ3v) is 3.72. The molecule has 0 spiro atoms. The van der Waals surface area contributed by atoms with Gasteiger partial charge in [0.2, 0.25) is 0 Å². The second kappa shape index (κ2) is 3.99. The molecule has 17 heavy (non-hydrogen) atoms. The van der Waals surface area contributed by atoms with E-state index >= 15 is 0 Å². The zero-order chi connectivity index (χ0) is 12.7. The molecule has 1 aliphatic rings. The number of nitrogens with one attached hydrogen (secondary N) is 1. The fourth-order valence-electron chi connectivity index (χ4n) is 1.63. The molecule has 0 aromatic carbocycles. The lowest BCUT2D eigenvalue weighted by Crippen LogP contribution is -2.59. The zero-order valence-electron chi connectivity index (χ0n) is 9.17. The Morgan fingerprint density at radius 1 is 1.65 bits per heavy atom. The van der Waals surface area contributed by atoms with Crippen LogP contribution in [-0.2, 0) is 4.79 Å². The number of aliphatic hydroxyl groups is 1. The topological polar surface area (TPSA) is 62.2 Å². The number of carbonyl (C=O) groups is 1. The highest BCUT2D eigenvalue weighted by atomic mass is 32.1. The molecule has 1 saturated carbocycles. The van der Waals surface area contributed by atoms with Gasteiger partial charge in [-0.3, -0.25) is 10.1 Å². The number of halogens is 2. The van der Waals surface area contributed by atoms with Crippen LogP contribution in [0.5, 0.6) is 0 Å². The van der Waals surface area contributed by atoms with E-state index in [9.17, 15) is 18.7 Å². The Morgan fingerprint density at radius 2 is 2.29 bits per heavy atom. The van der Waals surface area contributed by atoms with Gasteiger partial charge in [-0.1, -0.05) is 0 Å². The highest BCUT2D eigenvalue weighted by molar-refractivity contribution is 7.15. The second-order valence-corrected chi connectivity index (χ2v) is 5.42. The normalized spacial score (nSPS) is 18.6. The fourth-order valence-corrected chi connectivity index (χ4v) is 2.28. The van der Waals surface area contributed by atoms with E-state index < -0.39 is 17.4 Å². The first-order chi connectivity index (χ1) is 7.85. The van der Waals surface area contributed by atoms with Gasteiger partial charge < -0.3 is 5.11 Å². The lowest BCUT2D eigenvalue weighted by molar-refractivity contribution is -0.212. The molecule has 2 N–H and O–H groups in total. The zero-order valence-corrected chi connectivity index (χ0v) is 9.98. The predicted octanol–water partition coefficient (Wildman–Crippen LogP) is 1.94. The Bertz CT molecular complexity index is 443. The van der Waals surface area contributed by atoms with Crippen LogP contribution >= 0.6 is 11.3 Å². The molecule has 4 nitrogen and oxygen atoms in total.